The van der Waals surface area contributed by atoms with E-state index in [1.54, 1.807) is 0 Å². The molecule has 1 aliphatic heterocycles. The summed E-state index contributed by atoms with van der Waals surface area (Å²) in [5, 5.41) is 0. The SMILES string of the molecule is CN(C)c1ccc2nc(C(=O)N3CCCCC3)cn2c1. The summed E-state index contributed by atoms with van der Waals surface area (Å²) in [6.07, 6.45) is 7.25. The molecular formula is C15H20N4O. The lowest BCUT2D eigenvalue weighted by Crippen LogP contribution is -2.35. The maximum atomic E-state index is 12.4. The highest BCUT2D eigenvalue weighted by Gasteiger charge is 2.20. The molecule has 0 radical (unpaired) electrons. The van der Waals surface area contributed by atoms with Gasteiger partial charge in [0.1, 0.15) is 11.3 Å². The van der Waals surface area contributed by atoms with Crippen LogP contribution in [0.3, 0.4) is 0 Å². The van der Waals surface area contributed by atoms with Crippen molar-refractivity contribution < 1.29 is 4.79 Å². The van der Waals surface area contributed by atoms with Crippen LogP contribution in [-0.4, -0.2) is 47.4 Å². The Labute approximate surface area is 118 Å². The number of hydrogen-bond donors (Lipinski definition) is 0. The van der Waals surface area contributed by atoms with Crippen LogP contribution in [0.25, 0.3) is 5.65 Å². The van der Waals surface area contributed by atoms with E-state index in [1.165, 1.54) is 6.42 Å². The summed E-state index contributed by atoms with van der Waals surface area (Å²) < 4.78 is 1.92. The Hall–Kier alpha value is -2.04. The zero-order valence-corrected chi connectivity index (χ0v) is 12.0. The number of pyridine rings is 1. The van der Waals surface area contributed by atoms with Gasteiger partial charge in [0, 0.05) is 39.6 Å². The van der Waals surface area contributed by atoms with Gasteiger partial charge in [-0.1, -0.05) is 0 Å². The maximum absolute atomic E-state index is 12.4. The van der Waals surface area contributed by atoms with Crippen molar-refractivity contribution in [2.24, 2.45) is 0 Å². The quantitative estimate of drug-likeness (QED) is 0.840. The molecule has 2 aromatic heterocycles. The Kier molecular flexibility index (Phi) is 3.34. The standard InChI is InChI=1S/C15H20N4O/c1-17(2)12-6-7-14-16-13(11-19(14)10-12)15(20)18-8-4-3-5-9-18/h6-7,10-11H,3-5,8-9H2,1-2H3. The first kappa shape index (κ1) is 13.0. The van der Waals surface area contributed by atoms with E-state index in [9.17, 15) is 4.79 Å². The Bertz CT molecular complexity index is 626. The number of rotatable bonds is 2. The van der Waals surface area contributed by atoms with Gasteiger partial charge in [-0.25, -0.2) is 4.98 Å². The van der Waals surface area contributed by atoms with Crippen LogP contribution in [-0.2, 0) is 0 Å². The third kappa shape index (κ3) is 2.35. The zero-order valence-electron chi connectivity index (χ0n) is 12.0. The lowest BCUT2D eigenvalue weighted by Gasteiger charge is -2.25. The molecule has 1 aliphatic rings. The number of imidazole rings is 1. The Morgan fingerprint density at radius 2 is 1.90 bits per heavy atom. The maximum Gasteiger partial charge on any atom is 0.274 e. The Morgan fingerprint density at radius 3 is 2.60 bits per heavy atom. The number of hydrogen-bond acceptors (Lipinski definition) is 3. The molecule has 1 fully saturated rings. The van der Waals surface area contributed by atoms with Crippen molar-refractivity contribution in [3.63, 3.8) is 0 Å². The third-order valence-electron chi connectivity index (χ3n) is 3.81. The smallest absolute Gasteiger partial charge is 0.274 e. The number of fused-ring (bicyclic) bond motifs is 1. The minimum absolute atomic E-state index is 0.0554. The van der Waals surface area contributed by atoms with Crippen molar-refractivity contribution in [2.75, 3.05) is 32.1 Å². The van der Waals surface area contributed by atoms with E-state index in [1.807, 2.05) is 52.8 Å². The molecule has 5 nitrogen and oxygen atoms in total. The van der Waals surface area contributed by atoms with Crippen LogP contribution in [0.2, 0.25) is 0 Å². The van der Waals surface area contributed by atoms with Gasteiger partial charge in [-0.15, -0.1) is 0 Å². The topological polar surface area (TPSA) is 40.9 Å². The predicted octanol–water partition coefficient (Wildman–Crippen LogP) is 2.03. The molecule has 3 rings (SSSR count). The van der Waals surface area contributed by atoms with Gasteiger partial charge in [0.2, 0.25) is 0 Å². The van der Waals surface area contributed by atoms with Gasteiger partial charge >= 0.3 is 0 Å². The average molecular weight is 272 g/mol. The number of carbonyl (C=O) groups is 1. The molecule has 20 heavy (non-hydrogen) atoms. The summed E-state index contributed by atoms with van der Waals surface area (Å²) in [6.45, 7) is 1.71. The fraction of sp³-hybridized carbons (Fsp3) is 0.467. The molecule has 5 heteroatoms. The molecule has 3 heterocycles. The molecule has 0 unspecified atom stereocenters. The summed E-state index contributed by atoms with van der Waals surface area (Å²) in [6, 6.07) is 3.96. The Balaban J connectivity index is 1.90. The molecule has 1 saturated heterocycles. The first-order valence-corrected chi connectivity index (χ1v) is 7.10. The van der Waals surface area contributed by atoms with E-state index >= 15 is 0 Å². The van der Waals surface area contributed by atoms with E-state index in [0.717, 1.165) is 37.3 Å². The summed E-state index contributed by atoms with van der Waals surface area (Å²) in [5.41, 5.74) is 2.45. The molecule has 0 atom stereocenters. The molecule has 0 bridgehead atoms. The van der Waals surface area contributed by atoms with Gasteiger partial charge in [-0.2, -0.15) is 0 Å². The molecule has 0 aromatic carbocycles. The van der Waals surface area contributed by atoms with Crippen LogP contribution in [0.15, 0.2) is 24.5 Å². The number of amides is 1. The first-order valence-electron chi connectivity index (χ1n) is 7.10. The molecule has 0 aliphatic carbocycles. The number of carbonyl (C=O) groups excluding carboxylic acids is 1. The van der Waals surface area contributed by atoms with Crippen molar-refractivity contribution in [1.29, 1.82) is 0 Å². The van der Waals surface area contributed by atoms with Crippen molar-refractivity contribution in [1.82, 2.24) is 14.3 Å². The largest absolute Gasteiger partial charge is 0.376 e. The molecule has 0 N–H and O–H groups in total. The molecule has 106 valence electrons. The van der Waals surface area contributed by atoms with Crippen molar-refractivity contribution in [3.8, 4) is 0 Å². The van der Waals surface area contributed by atoms with Gasteiger partial charge in [-0.3, -0.25) is 4.79 Å². The number of piperidine rings is 1. The van der Waals surface area contributed by atoms with Crippen LogP contribution >= 0.6 is 0 Å². The molecule has 2 aromatic rings. The normalized spacial score (nSPS) is 15.6. The number of aromatic nitrogens is 2. The molecule has 0 spiro atoms. The zero-order chi connectivity index (χ0) is 14.1. The summed E-state index contributed by atoms with van der Waals surface area (Å²) >= 11 is 0. The van der Waals surface area contributed by atoms with Gasteiger partial charge in [0.05, 0.1) is 5.69 Å². The second-order valence-electron chi connectivity index (χ2n) is 5.53. The van der Waals surface area contributed by atoms with E-state index in [0.29, 0.717) is 5.69 Å². The van der Waals surface area contributed by atoms with Crippen LogP contribution in [0, 0.1) is 0 Å². The molecule has 0 saturated carbocycles. The highest BCUT2D eigenvalue weighted by Crippen LogP contribution is 2.16. The fourth-order valence-corrected chi connectivity index (χ4v) is 2.61. The van der Waals surface area contributed by atoms with Crippen LogP contribution in [0.4, 0.5) is 5.69 Å². The molecule has 1 amide bonds. The van der Waals surface area contributed by atoms with Crippen LogP contribution in [0.1, 0.15) is 29.8 Å². The van der Waals surface area contributed by atoms with Crippen LogP contribution < -0.4 is 4.90 Å². The summed E-state index contributed by atoms with van der Waals surface area (Å²) in [5.74, 6) is 0.0554. The predicted molar refractivity (Wildman–Crippen MR) is 79.3 cm³/mol. The van der Waals surface area contributed by atoms with Gasteiger partial charge in [0.25, 0.3) is 5.91 Å². The summed E-state index contributed by atoms with van der Waals surface area (Å²) in [7, 11) is 4.00. The minimum atomic E-state index is 0.0554. The lowest BCUT2D eigenvalue weighted by atomic mass is 10.1. The highest BCUT2D eigenvalue weighted by atomic mass is 16.2. The first-order chi connectivity index (χ1) is 9.65. The number of likely N-dealkylation sites (tertiary alicyclic amines) is 1. The third-order valence-corrected chi connectivity index (χ3v) is 3.81. The average Bonchev–Trinajstić information content (AvgIpc) is 2.90. The van der Waals surface area contributed by atoms with E-state index in [2.05, 4.69) is 4.98 Å². The van der Waals surface area contributed by atoms with Gasteiger partial charge in [-0.05, 0) is 31.4 Å². The van der Waals surface area contributed by atoms with Crippen molar-refractivity contribution in [3.05, 3.63) is 30.2 Å². The monoisotopic (exact) mass is 272 g/mol. The van der Waals surface area contributed by atoms with E-state index < -0.39 is 0 Å². The molecular weight excluding hydrogens is 252 g/mol. The van der Waals surface area contributed by atoms with Gasteiger partial charge < -0.3 is 14.2 Å². The second-order valence-corrected chi connectivity index (χ2v) is 5.53. The van der Waals surface area contributed by atoms with Gasteiger partial charge in [0.15, 0.2) is 0 Å². The fourth-order valence-electron chi connectivity index (χ4n) is 2.61. The van der Waals surface area contributed by atoms with E-state index in [-0.39, 0.29) is 5.91 Å². The second kappa shape index (κ2) is 5.15. The van der Waals surface area contributed by atoms with Crippen molar-refractivity contribution in [2.45, 2.75) is 19.3 Å². The Morgan fingerprint density at radius 1 is 1.15 bits per heavy atom. The minimum Gasteiger partial charge on any atom is -0.376 e. The highest BCUT2D eigenvalue weighted by molar-refractivity contribution is 5.93. The lowest BCUT2D eigenvalue weighted by molar-refractivity contribution is 0.0719. The summed E-state index contributed by atoms with van der Waals surface area (Å²) in [4.78, 5) is 20.8. The van der Waals surface area contributed by atoms with Crippen LogP contribution in [0.5, 0.6) is 0 Å². The number of nitrogens with zero attached hydrogens (tertiary/aromatic N) is 4. The number of anilines is 1. The van der Waals surface area contributed by atoms with E-state index in [4.69, 9.17) is 0 Å². The van der Waals surface area contributed by atoms with Crippen molar-refractivity contribution >= 4 is 17.2 Å².